The summed E-state index contributed by atoms with van der Waals surface area (Å²) >= 11 is 5.70. The van der Waals surface area contributed by atoms with Gasteiger partial charge < -0.3 is 4.98 Å². The van der Waals surface area contributed by atoms with E-state index in [1.807, 2.05) is 0 Å². The monoisotopic (exact) mass is 157 g/mol. The van der Waals surface area contributed by atoms with E-state index >= 15 is 0 Å². The molecule has 0 bridgehead atoms. The van der Waals surface area contributed by atoms with Crippen LogP contribution in [0.15, 0.2) is 10.9 Å². The number of pyridine rings is 1. The average Bonchev–Trinajstić information content (AvgIpc) is 1.82. The molecule has 0 amide bonds. The molecule has 0 aromatic carbocycles. The molecule has 3 heteroatoms. The summed E-state index contributed by atoms with van der Waals surface area (Å²) in [5.74, 6) is 0. The fourth-order valence-electron chi connectivity index (χ4n) is 0.716. The molecule has 1 aromatic heterocycles. The van der Waals surface area contributed by atoms with E-state index < -0.39 is 0 Å². The van der Waals surface area contributed by atoms with Crippen molar-refractivity contribution in [2.45, 2.75) is 13.8 Å². The standard InChI is InChI=1S/C7H8ClNO/c1-4-3-6(8)5(2)7(10)9-4/h3H,1-2H3,(H,9,10). The predicted molar refractivity (Wildman–Crippen MR) is 41.5 cm³/mol. The van der Waals surface area contributed by atoms with Gasteiger partial charge >= 0.3 is 0 Å². The lowest BCUT2D eigenvalue weighted by molar-refractivity contribution is 1.11. The number of aromatic amines is 1. The van der Waals surface area contributed by atoms with Gasteiger partial charge in [-0.15, -0.1) is 0 Å². The Bertz CT molecular complexity index is 303. The van der Waals surface area contributed by atoms with Crippen LogP contribution in [0, 0.1) is 13.8 Å². The Morgan fingerprint density at radius 1 is 1.50 bits per heavy atom. The minimum atomic E-state index is -0.106. The summed E-state index contributed by atoms with van der Waals surface area (Å²) in [5.41, 5.74) is 1.26. The summed E-state index contributed by atoms with van der Waals surface area (Å²) in [6.07, 6.45) is 0. The molecular weight excluding hydrogens is 150 g/mol. The Hall–Kier alpha value is -0.760. The molecule has 54 valence electrons. The summed E-state index contributed by atoms with van der Waals surface area (Å²) in [4.78, 5) is 13.6. The molecule has 0 saturated carbocycles. The lowest BCUT2D eigenvalue weighted by Crippen LogP contribution is -2.10. The zero-order valence-corrected chi connectivity index (χ0v) is 6.62. The summed E-state index contributed by atoms with van der Waals surface area (Å²) < 4.78 is 0. The van der Waals surface area contributed by atoms with Crippen molar-refractivity contribution < 1.29 is 0 Å². The second-order valence-electron chi connectivity index (χ2n) is 2.25. The second kappa shape index (κ2) is 2.46. The van der Waals surface area contributed by atoms with Gasteiger partial charge in [0.1, 0.15) is 0 Å². The van der Waals surface area contributed by atoms with Crippen molar-refractivity contribution in [1.82, 2.24) is 4.98 Å². The fourth-order valence-corrected chi connectivity index (χ4v) is 0.965. The molecule has 0 spiro atoms. The highest BCUT2D eigenvalue weighted by Gasteiger charge is 1.98. The van der Waals surface area contributed by atoms with Gasteiger partial charge in [0.25, 0.3) is 5.56 Å². The van der Waals surface area contributed by atoms with Crippen LogP contribution < -0.4 is 5.56 Å². The van der Waals surface area contributed by atoms with Crippen molar-refractivity contribution in [3.8, 4) is 0 Å². The van der Waals surface area contributed by atoms with Crippen molar-refractivity contribution >= 4 is 11.6 Å². The average molecular weight is 158 g/mol. The zero-order valence-electron chi connectivity index (χ0n) is 5.86. The Morgan fingerprint density at radius 3 is 2.60 bits per heavy atom. The van der Waals surface area contributed by atoms with E-state index in [1.54, 1.807) is 19.9 Å². The first-order chi connectivity index (χ1) is 4.61. The highest BCUT2D eigenvalue weighted by molar-refractivity contribution is 6.31. The molecule has 0 fully saturated rings. The molecular formula is C7H8ClNO. The third kappa shape index (κ3) is 1.21. The van der Waals surface area contributed by atoms with Crippen LogP contribution in [0.25, 0.3) is 0 Å². The van der Waals surface area contributed by atoms with Gasteiger partial charge in [0, 0.05) is 11.3 Å². The summed E-state index contributed by atoms with van der Waals surface area (Å²) in [7, 11) is 0. The van der Waals surface area contributed by atoms with Crippen molar-refractivity contribution in [3.05, 3.63) is 32.7 Å². The van der Waals surface area contributed by atoms with Crippen LogP contribution in [0.5, 0.6) is 0 Å². The number of rotatable bonds is 0. The van der Waals surface area contributed by atoms with E-state index in [4.69, 9.17) is 11.6 Å². The predicted octanol–water partition coefficient (Wildman–Crippen LogP) is 1.65. The van der Waals surface area contributed by atoms with Crippen LogP contribution in [0.2, 0.25) is 5.02 Å². The maximum absolute atomic E-state index is 10.9. The molecule has 1 rings (SSSR count). The molecule has 10 heavy (non-hydrogen) atoms. The van der Waals surface area contributed by atoms with E-state index in [-0.39, 0.29) is 5.56 Å². The molecule has 2 nitrogen and oxygen atoms in total. The highest BCUT2D eigenvalue weighted by Crippen LogP contribution is 2.09. The topological polar surface area (TPSA) is 32.9 Å². The number of H-pyrrole nitrogens is 1. The molecule has 0 atom stereocenters. The molecule has 1 aromatic rings. The van der Waals surface area contributed by atoms with Gasteiger partial charge in [0.2, 0.25) is 0 Å². The maximum Gasteiger partial charge on any atom is 0.252 e. The lowest BCUT2D eigenvalue weighted by atomic mass is 10.3. The van der Waals surface area contributed by atoms with E-state index in [1.165, 1.54) is 0 Å². The SMILES string of the molecule is Cc1cc(Cl)c(C)c(=O)[nH]1. The number of aromatic nitrogens is 1. The Balaban J connectivity index is 3.46. The molecule has 1 N–H and O–H groups in total. The third-order valence-electron chi connectivity index (χ3n) is 1.35. The number of hydrogen-bond donors (Lipinski definition) is 1. The van der Waals surface area contributed by atoms with Crippen LogP contribution in [0.4, 0.5) is 0 Å². The van der Waals surface area contributed by atoms with Crippen molar-refractivity contribution in [2.24, 2.45) is 0 Å². The number of nitrogens with one attached hydrogen (secondary N) is 1. The minimum absolute atomic E-state index is 0.106. The van der Waals surface area contributed by atoms with E-state index in [2.05, 4.69) is 4.98 Å². The van der Waals surface area contributed by atoms with Gasteiger partial charge in [0.05, 0.1) is 5.02 Å². The molecule has 0 saturated heterocycles. The normalized spacial score (nSPS) is 9.90. The van der Waals surface area contributed by atoms with Gasteiger partial charge in [-0.05, 0) is 19.9 Å². The smallest absolute Gasteiger partial charge is 0.252 e. The summed E-state index contributed by atoms with van der Waals surface area (Å²) in [6, 6.07) is 1.73. The van der Waals surface area contributed by atoms with E-state index in [9.17, 15) is 4.79 Å². The highest BCUT2D eigenvalue weighted by atomic mass is 35.5. The quantitative estimate of drug-likeness (QED) is 0.610. The number of aryl methyl sites for hydroxylation is 1. The third-order valence-corrected chi connectivity index (χ3v) is 1.75. The second-order valence-corrected chi connectivity index (χ2v) is 2.66. The van der Waals surface area contributed by atoms with Gasteiger partial charge in [-0.2, -0.15) is 0 Å². The summed E-state index contributed by atoms with van der Waals surface area (Å²) in [6.45, 7) is 3.49. The maximum atomic E-state index is 10.9. The summed E-state index contributed by atoms with van der Waals surface area (Å²) in [5, 5.41) is 0.529. The van der Waals surface area contributed by atoms with Crippen LogP contribution in [-0.4, -0.2) is 4.98 Å². The molecule has 0 aliphatic heterocycles. The Morgan fingerprint density at radius 2 is 2.10 bits per heavy atom. The fraction of sp³-hybridized carbons (Fsp3) is 0.286. The van der Waals surface area contributed by atoms with Gasteiger partial charge in [-0.25, -0.2) is 0 Å². The molecule has 0 aliphatic rings. The largest absolute Gasteiger partial charge is 0.326 e. The Kier molecular flexibility index (Phi) is 1.81. The number of halogens is 1. The lowest BCUT2D eigenvalue weighted by Gasteiger charge is -1.96. The van der Waals surface area contributed by atoms with Crippen molar-refractivity contribution in [1.29, 1.82) is 0 Å². The zero-order chi connectivity index (χ0) is 7.72. The molecule has 1 heterocycles. The number of hydrogen-bond acceptors (Lipinski definition) is 1. The van der Waals surface area contributed by atoms with Crippen molar-refractivity contribution in [2.75, 3.05) is 0 Å². The van der Waals surface area contributed by atoms with Gasteiger partial charge in [-0.1, -0.05) is 11.6 Å². The molecule has 0 unspecified atom stereocenters. The Labute approximate surface area is 63.8 Å². The molecule has 0 radical (unpaired) electrons. The van der Waals surface area contributed by atoms with Crippen LogP contribution >= 0.6 is 11.6 Å². The van der Waals surface area contributed by atoms with Gasteiger partial charge in [-0.3, -0.25) is 4.79 Å². The first-order valence-corrected chi connectivity index (χ1v) is 3.35. The van der Waals surface area contributed by atoms with Crippen molar-refractivity contribution in [3.63, 3.8) is 0 Å². The van der Waals surface area contributed by atoms with Crippen LogP contribution in [0.1, 0.15) is 11.3 Å². The van der Waals surface area contributed by atoms with E-state index in [0.29, 0.717) is 10.6 Å². The van der Waals surface area contributed by atoms with Crippen LogP contribution in [-0.2, 0) is 0 Å². The van der Waals surface area contributed by atoms with Gasteiger partial charge in [0.15, 0.2) is 0 Å². The van der Waals surface area contributed by atoms with Crippen LogP contribution in [0.3, 0.4) is 0 Å². The minimum Gasteiger partial charge on any atom is -0.326 e. The molecule has 0 aliphatic carbocycles. The first-order valence-electron chi connectivity index (χ1n) is 2.97. The van der Waals surface area contributed by atoms with E-state index in [0.717, 1.165) is 5.69 Å². The first kappa shape index (κ1) is 7.35.